The highest BCUT2D eigenvalue weighted by atomic mass is 16.1. The minimum absolute atomic E-state index is 0.110. The lowest BCUT2D eigenvalue weighted by molar-refractivity contribution is -0.123. The van der Waals surface area contributed by atoms with Gasteiger partial charge in [0.05, 0.1) is 0 Å². The second kappa shape index (κ2) is 9.18. The maximum atomic E-state index is 12.5. The van der Waals surface area contributed by atoms with Crippen molar-refractivity contribution in [1.29, 1.82) is 0 Å². The van der Waals surface area contributed by atoms with E-state index in [9.17, 15) is 9.59 Å². The highest BCUT2D eigenvalue weighted by Crippen LogP contribution is 2.21. The Morgan fingerprint density at radius 1 is 1.36 bits per heavy atom. The highest BCUT2D eigenvalue weighted by Gasteiger charge is 2.25. The second-order valence-electron chi connectivity index (χ2n) is 6.62. The molecule has 0 spiro atoms. The number of amides is 1. The molecular weight excluding hydrogens is 314 g/mol. The topological polar surface area (TPSA) is 75.4 Å². The monoisotopic (exact) mass is 341 g/mol. The van der Waals surface area contributed by atoms with E-state index < -0.39 is 0 Å². The summed E-state index contributed by atoms with van der Waals surface area (Å²) in [6, 6.07) is 8.12. The summed E-state index contributed by atoms with van der Waals surface area (Å²) < 4.78 is 0. The summed E-state index contributed by atoms with van der Waals surface area (Å²) in [4.78, 5) is 26.5. The number of nitrogens with one attached hydrogen (secondary N) is 1. The molecule has 0 aliphatic carbocycles. The fraction of sp³-hybridized carbons (Fsp3) is 0.400. The number of hydrogen-bond acceptors (Lipinski definition) is 4. The van der Waals surface area contributed by atoms with Gasteiger partial charge in [0, 0.05) is 36.9 Å². The Kier molecular flexibility index (Phi) is 6.95. The molecule has 1 amide bonds. The molecule has 0 atom stereocenters. The number of hydrogen-bond donors (Lipinski definition) is 2. The van der Waals surface area contributed by atoms with Gasteiger partial charge in [0.25, 0.3) is 5.91 Å². The van der Waals surface area contributed by atoms with Crippen molar-refractivity contribution in [2.45, 2.75) is 26.2 Å². The normalized spacial score (nSPS) is 16.0. The summed E-state index contributed by atoms with van der Waals surface area (Å²) in [5.74, 6) is 0.202. The molecule has 1 aromatic carbocycles. The predicted octanol–water partition coefficient (Wildman–Crippen LogP) is 1.92. The summed E-state index contributed by atoms with van der Waals surface area (Å²) >= 11 is 0. The van der Waals surface area contributed by atoms with Gasteiger partial charge < -0.3 is 11.1 Å². The number of nitrogens with two attached hydrogens (primary N) is 1. The summed E-state index contributed by atoms with van der Waals surface area (Å²) in [5.41, 5.74) is 7.97. The lowest BCUT2D eigenvalue weighted by Crippen LogP contribution is -2.39. The standard InChI is InChI=1S/C20H27N3O2/c1-15-4-3-5-17(12-15)13-19(24)18-6-10-23(11-7-18)14-16(2)20(25)22-9-8-21/h3-5,8-9,12,18H,2,6-7,10-11,13-14,21H2,1H3,(H,22,25)/b9-8-. The zero-order chi connectivity index (χ0) is 18.2. The number of benzene rings is 1. The van der Waals surface area contributed by atoms with Crippen molar-refractivity contribution in [3.05, 3.63) is 59.9 Å². The first-order chi connectivity index (χ1) is 12.0. The zero-order valence-electron chi connectivity index (χ0n) is 14.8. The summed E-state index contributed by atoms with van der Waals surface area (Å²) in [6.07, 6.45) is 4.84. The van der Waals surface area contributed by atoms with Crippen molar-refractivity contribution >= 4 is 11.7 Å². The molecule has 1 aliphatic rings. The van der Waals surface area contributed by atoms with E-state index in [1.54, 1.807) is 0 Å². The molecule has 1 heterocycles. The Bertz CT molecular complexity index is 659. The van der Waals surface area contributed by atoms with E-state index in [-0.39, 0.29) is 11.8 Å². The van der Waals surface area contributed by atoms with Crippen molar-refractivity contribution < 1.29 is 9.59 Å². The van der Waals surface area contributed by atoms with Gasteiger partial charge in [-0.15, -0.1) is 0 Å². The number of rotatable bonds is 7. The maximum Gasteiger partial charge on any atom is 0.251 e. The molecule has 1 aliphatic heterocycles. The third-order valence-corrected chi connectivity index (χ3v) is 4.55. The Morgan fingerprint density at radius 2 is 2.08 bits per heavy atom. The lowest BCUT2D eigenvalue weighted by Gasteiger charge is -2.31. The number of likely N-dealkylation sites (tertiary alicyclic amines) is 1. The number of aryl methyl sites for hydroxylation is 1. The van der Waals surface area contributed by atoms with Gasteiger partial charge in [-0.2, -0.15) is 0 Å². The Morgan fingerprint density at radius 3 is 2.72 bits per heavy atom. The van der Waals surface area contributed by atoms with Crippen molar-refractivity contribution in [1.82, 2.24) is 10.2 Å². The molecule has 1 aromatic rings. The van der Waals surface area contributed by atoms with E-state index in [0.29, 0.717) is 24.3 Å². The number of carbonyl (C=O) groups excluding carboxylic acids is 2. The summed E-state index contributed by atoms with van der Waals surface area (Å²) in [7, 11) is 0. The molecule has 5 heteroatoms. The Hall–Kier alpha value is -2.40. The molecule has 0 aromatic heterocycles. The van der Waals surface area contributed by atoms with Gasteiger partial charge in [0.2, 0.25) is 0 Å². The van der Waals surface area contributed by atoms with Crippen molar-refractivity contribution in [2.75, 3.05) is 19.6 Å². The molecular formula is C20H27N3O2. The zero-order valence-corrected chi connectivity index (χ0v) is 14.8. The van der Waals surface area contributed by atoms with Gasteiger partial charge in [-0.1, -0.05) is 36.4 Å². The minimum Gasteiger partial charge on any atom is -0.403 e. The van der Waals surface area contributed by atoms with Crippen LogP contribution < -0.4 is 11.1 Å². The van der Waals surface area contributed by atoms with E-state index in [1.165, 1.54) is 18.0 Å². The van der Waals surface area contributed by atoms with E-state index in [4.69, 9.17) is 5.73 Å². The van der Waals surface area contributed by atoms with Gasteiger partial charge in [-0.05, 0) is 38.4 Å². The van der Waals surface area contributed by atoms with Crippen LogP contribution in [0.4, 0.5) is 0 Å². The van der Waals surface area contributed by atoms with E-state index >= 15 is 0 Å². The first kappa shape index (κ1) is 18.9. The second-order valence-corrected chi connectivity index (χ2v) is 6.62. The van der Waals surface area contributed by atoms with Gasteiger partial charge in [0.1, 0.15) is 5.78 Å². The van der Waals surface area contributed by atoms with Crippen molar-refractivity contribution in [3.8, 4) is 0 Å². The first-order valence-corrected chi connectivity index (χ1v) is 8.65. The predicted molar refractivity (Wildman–Crippen MR) is 99.7 cm³/mol. The van der Waals surface area contributed by atoms with Crippen LogP contribution in [0.25, 0.3) is 0 Å². The fourth-order valence-electron chi connectivity index (χ4n) is 3.15. The van der Waals surface area contributed by atoms with Crippen LogP contribution in [0.2, 0.25) is 0 Å². The first-order valence-electron chi connectivity index (χ1n) is 8.65. The van der Waals surface area contributed by atoms with E-state index in [0.717, 1.165) is 31.5 Å². The molecule has 1 saturated heterocycles. The quantitative estimate of drug-likeness (QED) is 0.743. The van der Waals surface area contributed by atoms with E-state index in [1.807, 2.05) is 25.1 Å². The van der Waals surface area contributed by atoms with Crippen LogP contribution in [-0.2, 0) is 16.0 Å². The van der Waals surface area contributed by atoms with Crippen LogP contribution in [0.5, 0.6) is 0 Å². The molecule has 0 saturated carbocycles. The number of nitrogens with zero attached hydrogens (tertiary/aromatic N) is 1. The number of piperidine rings is 1. The minimum atomic E-state index is -0.223. The van der Waals surface area contributed by atoms with Crippen LogP contribution in [0.1, 0.15) is 24.0 Å². The third kappa shape index (κ3) is 5.87. The average molecular weight is 341 g/mol. The highest BCUT2D eigenvalue weighted by molar-refractivity contribution is 5.93. The fourth-order valence-corrected chi connectivity index (χ4v) is 3.15. The van der Waals surface area contributed by atoms with E-state index in [2.05, 4.69) is 22.9 Å². The molecule has 134 valence electrons. The molecule has 0 unspecified atom stereocenters. The maximum absolute atomic E-state index is 12.5. The Balaban J connectivity index is 1.78. The van der Waals surface area contributed by atoms with Crippen LogP contribution in [0, 0.1) is 12.8 Å². The third-order valence-electron chi connectivity index (χ3n) is 4.55. The molecule has 3 N–H and O–H groups in total. The van der Waals surface area contributed by atoms with Crippen molar-refractivity contribution in [3.63, 3.8) is 0 Å². The summed E-state index contributed by atoms with van der Waals surface area (Å²) in [6.45, 7) is 8.00. The number of carbonyl (C=O) groups is 2. The van der Waals surface area contributed by atoms with Gasteiger partial charge in [0.15, 0.2) is 0 Å². The lowest BCUT2D eigenvalue weighted by atomic mass is 9.89. The van der Waals surface area contributed by atoms with Crippen molar-refractivity contribution in [2.24, 2.45) is 11.7 Å². The molecule has 0 bridgehead atoms. The van der Waals surface area contributed by atoms with Gasteiger partial charge in [-0.3, -0.25) is 14.5 Å². The molecule has 5 nitrogen and oxygen atoms in total. The van der Waals surface area contributed by atoms with Crippen LogP contribution in [0.3, 0.4) is 0 Å². The largest absolute Gasteiger partial charge is 0.403 e. The van der Waals surface area contributed by atoms with Crippen LogP contribution in [0.15, 0.2) is 48.8 Å². The van der Waals surface area contributed by atoms with Crippen LogP contribution >= 0.6 is 0 Å². The number of Topliss-reactive ketones (excluding diaryl/α,β-unsaturated/α-hetero) is 1. The molecule has 0 radical (unpaired) electrons. The number of ketones is 1. The average Bonchev–Trinajstić information content (AvgIpc) is 2.60. The summed E-state index contributed by atoms with van der Waals surface area (Å²) in [5, 5.41) is 2.56. The SMILES string of the molecule is C=C(CN1CCC(C(=O)Cc2cccc(C)c2)CC1)C(=O)N/C=C\N. The Labute approximate surface area is 149 Å². The smallest absolute Gasteiger partial charge is 0.251 e. The van der Waals surface area contributed by atoms with Gasteiger partial charge in [-0.25, -0.2) is 0 Å². The van der Waals surface area contributed by atoms with Gasteiger partial charge >= 0.3 is 0 Å². The molecule has 25 heavy (non-hydrogen) atoms. The van der Waals surface area contributed by atoms with Crippen LogP contribution in [-0.4, -0.2) is 36.2 Å². The molecule has 1 fully saturated rings. The molecule has 2 rings (SSSR count).